The van der Waals surface area contributed by atoms with E-state index in [1.54, 1.807) is 18.5 Å². The molecule has 1 atom stereocenters. The minimum absolute atomic E-state index is 0.0203. The molecule has 1 unspecified atom stereocenters. The first-order valence-electron chi connectivity index (χ1n) is 8.77. The number of anilines is 1. The maximum Gasteiger partial charge on any atom is 0.339 e. The average molecular weight is 383 g/mol. The van der Waals surface area contributed by atoms with Crippen molar-refractivity contribution >= 4 is 41.4 Å². The third-order valence-corrected chi connectivity index (χ3v) is 4.73. The molecule has 0 spiro atoms. The number of rotatable bonds is 5. The van der Waals surface area contributed by atoms with E-state index in [9.17, 15) is 9.59 Å². The van der Waals surface area contributed by atoms with E-state index >= 15 is 0 Å². The summed E-state index contributed by atoms with van der Waals surface area (Å²) in [5, 5.41) is 3.34. The van der Waals surface area contributed by atoms with Gasteiger partial charge in [-0.2, -0.15) is 0 Å². The number of aromatic nitrogens is 1. The molecule has 3 amide bonds. The number of urea groups is 1. The lowest BCUT2D eigenvalue weighted by molar-refractivity contribution is 0.0875. The summed E-state index contributed by atoms with van der Waals surface area (Å²) < 4.78 is 6.15. The Hall–Kier alpha value is -2.80. The summed E-state index contributed by atoms with van der Waals surface area (Å²) in [5.41, 5.74) is 2.32. The van der Waals surface area contributed by atoms with Crippen molar-refractivity contribution in [3.05, 3.63) is 60.1 Å². The van der Waals surface area contributed by atoms with Gasteiger partial charge in [0.1, 0.15) is 5.58 Å². The van der Waals surface area contributed by atoms with E-state index in [1.807, 2.05) is 24.3 Å². The Balaban J connectivity index is 1.67. The fourth-order valence-corrected chi connectivity index (χ4v) is 3.01. The molecular formula is C20H21N3O3S. The SMILES string of the molecule is CCCC(C)c1ccc(NC(=O)N(S)C(=O)c2cc3cnccc3o2)cc1. The van der Waals surface area contributed by atoms with Crippen molar-refractivity contribution in [2.45, 2.75) is 32.6 Å². The van der Waals surface area contributed by atoms with Gasteiger partial charge in [0.15, 0.2) is 5.76 Å². The summed E-state index contributed by atoms with van der Waals surface area (Å²) >= 11 is 4.02. The molecular weight excluding hydrogens is 362 g/mol. The van der Waals surface area contributed by atoms with E-state index < -0.39 is 11.9 Å². The van der Waals surface area contributed by atoms with Crippen molar-refractivity contribution in [1.29, 1.82) is 0 Å². The molecule has 2 heterocycles. The zero-order valence-corrected chi connectivity index (χ0v) is 16.1. The van der Waals surface area contributed by atoms with Crippen LogP contribution in [-0.2, 0) is 0 Å². The van der Waals surface area contributed by atoms with Crippen LogP contribution in [0.2, 0.25) is 0 Å². The molecule has 1 aromatic carbocycles. The summed E-state index contributed by atoms with van der Waals surface area (Å²) in [4.78, 5) is 28.7. The number of imide groups is 1. The van der Waals surface area contributed by atoms with Crippen LogP contribution in [0.1, 0.15) is 48.7 Å². The van der Waals surface area contributed by atoms with E-state index in [1.165, 1.54) is 11.6 Å². The molecule has 27 heavy (non-hydrogen) atoms. The van der Waals surface area contributed by atoms with Crippen molar-refractivity contribution in [3.63, 3.8) is 0 Å². The molecule has 7 heteroatoms. The largest absolute Gasteiger partial charge is 0.451 e. The first-order chi connectivity index (χ1) is 13.0. The molecule has 0 bridgehead atoms. The smallest absolute Gasteiger partial charge is 0.339 e. The number of nitrogens with zero attached hydrogens (tertiary/aromatic N) is 2. The van der Waals surface area contributed by atoms with Crippen LogP contribution in [-0.4, -0.2) is 21.2 Å². The standard InChI is InChI=1S/C20H21N3O3S/c1-3-4-13(2)14-5-7-16(8-6-14)22-20(25)23(27)19(24)18-11-15-12-21-10-9-17(15)26-18/h5-13,27H,3-4H2,1-2H3,(H,22,25). The second-order valence-electron chi connectivity index (χ2n) is 6.38. The zero-order valence-electron chi connectivity index (χ0n) is 15.2. The number of nitrogens with one attached hydrogen (secondary N) is 1. The molecule has 0 saturated heterocycles. The second-order valence-corrected chi connectivity index (χ2v) is 6.78. The van der Waals surface area contributed by atoms with E-state index in [-0.39, 0.29) is 5.76 Å². The molecule has 3 aromatic rings. The van der Waals surface area contributed by atoms with Gasteiger partial charge in [0, 0.05) is 23.5 Å². The lowest BCUT2D eigenvalue weighted by Crippen LogP contribution is -2.32. The highest BCUT2D eigenvalue weighted by molar-refractivity contribution is 7.79. The molecule has 6 nitrogen and oxygen atoms in total. The van der Waals surface area contributed by atoms with Crippen LogP contribution in [0.25, 0.3) is 11.0 Å². The highest BCUT2D eigenvalue weighted by Crippen LogP contribution is 2.23. The minimum Gasteiger partial charge on any atom is -0.451 e. The summed E-state index contributed by atoms with van der Waals surface area (Å²) in [6.45, 7) is 4.33. The lowest BCUT2D eigenvalue weighted by atomic mass is 9.96. The second kappa shape index (κ2) is 8.26. The third kappa shape index (κ3) is 4.31. The maximum absolute atomic E-state index is 12.4. The minimum atomic E-state index is -0.656. The molecule has 2 aromatic heterocycles. The molecule has 0 saturated carbocycles. The van der Waals surface area contributed by atoms with Crippen LogP contribution in [0, 0.1) is 0 Å². The van der Waals surface area contributed by atoms with Gasteiger partial charge in [-0.05, 0) is 42.2 Å². The van der Waals surface area contributed by atoms with Crippen LogP contribution in [0.15, 0.2) is 53.2 Å². The molecule has 0 aliphatic heterocycles. The monoisotopic (exact) mass is 383 g/mol. The third-order valence-electron chi connectivity index (χ3n) is 4.36. The van der Waals surface area contributed by atoms with Gasteiger partial charge in [0.25, 0.3) is 0 Å². The number of carbonyl (C=O) groups excluding carboxylic acids is 2. The molecule has 0 fully saturated rings. The molecule has 0 aliphatic rings. The first-order valence-corrected chi connectivity index (χ1v) is 9.17. The summed E-state index contributed by atoms with van der Waals surface area (Å²) in [6, 6.07) is 10.1. The Morgan fingerprint density at radius 1 is 1.26 bits per heavy atom. The normalized spacial score (nSPS) is 12.0. The van der Waals surface area contributed by atoms with Crippen LogP contribution in [0.4, 0.5) is 10.5 Å². The maximum atomic E-state index is 12.4. The Morgan fingerprint density at radius 3 is 2.67 bits per heavy atom. The summed E-state index contributed by atoms with van der Waals surface area (Å²) in [5.74, 6) is -0.169. The van der Waals surface area contributed by atoms with E-state index in [2.05, 4.69) is 37.0 Å². The fourth-order valence-electron chi connectivity index (χ4n) is 2.86. The molecule has 0 aliphatic carbocycles. The van der Waals surface area contributed by atoms with Crippen molar-refractivity contribution in [1.82, 2.24) is 9.29 Å². The van der Waals surface area contributed by atoms with Gasteiger partial charge in [0.05, 0.1) is 0 Å². The average Bonchev–Trinajstić information content (AvgIpc) is 3.11. The summed E-state index contributed by atoms with van der Waals surface area (Å²) in [7, 11) is 0. The van der Waals surface area contributed by atoms with Gasteiger partial charge in [-0.3, -0.25) is 9.78 Å². The van der Waals surface area contributed by atoms with Crippen LogP contribution in [0.3, 0.4) is 0 Å². The van der Waals surface area contributed by atoms with Gasteiger partial charge >= 0.3 is 11.9 Å². The molecule has 1 N–H and O–H groups in total. The number of carbonyl (C=O) groups is 2. The number of fused-ring (bicyclic) bond motifs is 1. The van der Waals surface area contributed by atoms with E-state index in [4.69, 9.17) is 4.42 Å². The first kappa shape index (κ1) is 19.0. The van der Waals surface area contributed by atoms with Crippen molar-refractivity contribution in [2.24, 2.45) is 0 Å². The van der Waals surface area contributed by atoms with Crippen LogP contribution >= 0.6 is 12.8 Å². The van der Waals surface area contributed by atoms with Crippen LogP contribution in [0.5, 0.6) is 0 Å². The van der Waals surface area contributed by atoms with Gasteiger partial charge in [-0.15, -0.1) is 0 Å². The Kier molecular flexibility index (Phi) is 5.81. The van der Waals surface area contributed by atoms with Gasteiger partial charge in [-0.1, -0.05) is 45.2 Å². The lowest BCUT2D eigenvalue weighted by Gasteiger charge is -2.15. The van der Waals surface area contributed by atoms with Crippen molar-refractivity contribution < 1.29 is 14.0 Å². The molecule has 140 valence electrons. The number of pyridine rings is 1. The van der Waals surface area contributed by atoms with Crippen molar-refractivity contribution in [2.75, 3.05) is 5.32 Å². The fraction of sp³-hybridized carbons (Fsp3) is 0.250. The Bertz CT molecular complexity index is 920. The van der Waals surface area contributed by atoms with Gasteiger partial charge in [-0.25, -0.2) is 9.10 Å². The number of amides is 3. The predicted octanol–water partition coefficient (Wildman–Crippen LogP) is 5.25. The number of furan rings is 1. The van der Waals surface area contributed by atoms with Crippen molar-refractivity contribution in [3.8, 4) is 0 Å². The highest BCUT2D eigenvalue weighted by atomic mass is 32.1. The van der Waals surface area contributed by atoms with Crippen LogP contribution < -0.4 is 5.32 Å². The molecule has 0 radical (unpaired) electrons. The predicted molar refractivity (Wildman–Crippen MR) is 108 cm³/mol. The van der Waals surface area contributed by atoms with E-state index in [0.29, 0.717) is 26.9 Å². The summed E-state index contributed by atoms with van der Waals surface area (Å²) in [6.07, 6.45) is 5.38. The number of hydrogen-bond acceptors (Lipinski definition) is 5. The molecule has 3 rings (SSSR count). The topological polar surface area (TPSA) is 75.4 Å². The Morgan fingerprint density at radius 2 is 2.00 bits per heavy atom. The number of hydrogen-bond donors (Lipinski definition) is 2. The Labute approximate surface area is 163 Å². The number of benzene rings is 1. The zero-order chi connectivity index (χ0) is 19.4. The quantitative estimate of drug-likeness (QED) is 0.590. The van der Waals surface area contributed by atoms with Gasteiger partial charge in [0.2, 0.25) is 0 Å². The number of thiol groups is 1. The highest BCUT2D eigenvalue weighted by Gasteiger charge is 2.23. The van der Waals surface area contributed by atoms with Gasteiger partial charge < -0.3 is 9.73 Å². The van der Waals surface area contributed by atoms with E-state index in [0.717, 1.165) is 12.8 Å².